The predicted molar refractivity (Wildman–Crippen MR) is 51.9 cm³/mol. The number of carbonyl (C=O) groups is 1. The fourth-order valence-electron chi connectivity index (χ4n) is 0.994. The van der Waals surface area contributed by atoms with Crippen LogP contribution in [0.1, 0.15) is 10.4 Å². The molecule has 1 aromatic rings. The molecule has 1 rings (SSSR count). The molecule has 19 heavy (non-hydrogen) atoms. The summed E-state index contributed by atoms with van der Waals surface area (Å²) in [6.45, 7) is 0. The third-order valence-corrected chi connectivity index (χ3v) is 2.93. The monoisotopic (exact) mass is 305 g/mol. The number of aromatic carboxylic acids is 1. The van der Waals surface area contributed by atoms with E-state index in [-0.39, 0.29) is 12.1 Å². The summed E-state index contributed by atoms with van der Waals surface area (Å²) in [4.78, 5) is 10.5. The van der Waals surface area contributed by atoms with Crippen LogP contribution in [0.5, 0.6) is 0 Å². The van der Waals surface area contributed by atoms with Gasteiger partial charge in [-0.05, 0) is 6.07 Å². The molecule has 0 bridgehead atoms. The number of anilines is 1. The SMILES string of the molecule is O=C(O)c1cc(NS(=O)(=O)C(F)(F)F)c(F)cc1F. The number of halogens is 5. The molecule has 0 fully saturated rings. The van der Waals surface area contributed by atoms with Crippen molar-refractivity contribution < 1.29 is 40.3 Å². The Bertz CT molecular complexity index is 625. The van der Waals surface area contributed by atoms with Gasteiger partial charge in [-0.15, -0.1) is 0 Å². The molecule has 0 unspecified atom stereocenters. The Morgan fingerprint density at radius 2 is 1.68 bits per heavy atom. The van der Waals surface area contributed by atoms with E-state index in [1.165, 1.54) is 0 Å². The predicted octanol–water partition coefficient (Wildman–Crippen LogP) is 1.92. The molecule has 0 radical (unpaired) electrons. The molecule has 0 aliphatic rings. The number of hydrogen-bond donors (Lipinski definition) is 2. The number of alkyl halides is 3. The van der Waals surface area contributed by atoms with Crippen molar-refractivity contribution in [1.82, 2.24) is 0 Å². The van der Waals surface area contributed by atoms with E-state index >= 15 is 0 Å². The summed E-state index contributed by atoms with van der Waals surface area (Å²) in [5.41, 5.74) is -8.23. The van der Waals surface area contributed by atoms with Crippen molar-refractivity contribution in [2.24, 2.45) is 0 Å². The number of carboxylic acid groups (broad SMARTS) is 1. The van der Waals surface area contributed by atoms with Crippen LogP contribution in [0.2, 0.25) is 0 Å². The molecule has 0 saturated carbocycles. The van der Waals surface area contributed by atoms with Crippen LogP contribution < -0.4 is 4.72 Å². The van der Waals surface area contributed by atoms with Crippen molar-refractivity contribution in [3.8, 4) is 0 Å². The van der Waals surface area contributed by atoms with Gasteiger partial charge in [0.1, 0.15) is 11.6 Å². The van der Waals surface area contributed by atoms with E-state index in [2.05, 4.69) is 0 Å². The van der Waals surface area contributed by atoms with Crippen LogP contribution in [0.4, 0.5) is 27.6 Å². The molecule has 0 amide bonds. The lowest BCUT2D eigenvalue weighted by Gasteiger charge is -2.11. The molecule has 0 aliphatic heterocycles. The first-order chi connectivity index (χ1) is 8.45. The summed E-state index contributed by atoms with van der Waals surface area (Å²) in [5.74, 6) is -5.14. The highest BCUT2D eigenvalue weighted by Crippen LogP contribution is 2.27. The highest BCUT2D eigenvalue weighted by Gasteiger charge is 2.46. The van der Waals surface area contributed by atoms with E-state index in [4.69, 9.17) is 5.11 Å². The number of benzene rings is 1. The van der Waals surface area contributed by atoms with Gasteiger partial charge in [0.05, 0.1) is 11.3 Å². The van der Waals surface area contributed by atoms with E-state index < -0.39 is 44.4 Å². The molecule has 0 spiro atoms. The summed E-state index contributed by atoms with van der Waals surface area (Å²) < 4.78 is 84.3. The maximum absolute atomic E-state index is 13.1. The number of hydrogen-bond acceptors (Lipinski definition) is 3. The molecule has 106 valence electrons. The van der Waals surface area contributed by atoms with Crippen molar-refractivity contribution in [1.29, 1.82) is 0 Å². The molecule has 0 atom stereocenters. The van der Waals surface area contributed by atoms with E-state index in [1.54, 1.807) is 0 Å². The van der Waals surface area contributed by atoms with Gasteiger partial charge in [-0.3, -0.25) is 4.72 Å². The third-order valence-electron chi connectivity index (χ3n) is 1.84. The van der Waals surface area contributed by atoms with Crippen LogP contribution in [0.3, 0.4) is 0 Å². The van der Waals surface area contributed by atoms with Crippen LogP contribution in [0.15, 0.2) is 12.1 Å². The number of rotatable bonds is 3. The maximum Gasteiger partial charge on any atom is 0.516 e. The van der Waals surface area contributed by atoms with Crippen molar-refractivity contribution in [3.05, 3.63) is 29.3 Å². The van der Waals surface area contributed by atoms with Gasteiger partial charge < -0.3 is 5.11 Å². The van der Waals surface area contributed by atoms with Crippen molar-refractivity contribution in [2.45, 2.75) is 5.51 Å². The van der Waals surface area contributed by atoms with Crippen LogP contribution in [-0.4, -0.2) is 25.0 Å². The second-order valence-electron chi connectivity index (χ2n) is 3.17. The zero-order chi connectivity index (χ0) is 15.0. The zero-order valence-corrected chi connectivity index (χ0v) is 9.44. The molecule has 0 heterocycles. The Hall–Kier alpha value is -1.91. The van der Waals surface area contributed by atoms with Gasteiger partial charge in [0.2, 0.25) is 0 Å². The third kappa shape index (κ3) is 3.10. The molecule has 2 N–H and O–H groups in total. The van der Waals surface area contributed by atoms with Gasteiger partial charge in [-0.25, -0.2) is 13.6 Å². The quantitative estimate of drug-likeness (QED) is 0.836. The van der Waals surface area contributed by atoms with Gasteiger partial charge in [-0.1, -0.05) is 0 Å². The Morgan fingerprint density at radius 3 is 2.11 bits per heavy atom. The molecular weight excluding hydrogens is 301 g/mol. The minimum atomic E-state index is -5.93. The summed E-state index contributed by atoms with van der Waals surface area (Å²) in [7, 11) is -5.93. The largest absolute Gasteiger partial charge is 0.516 e. The van der Waals surface area contributed by atoms with Crippen LogP contribution in [-0.2, 0) is 10.0 Å². The summed E-state index contributed by atoms with van der Waals surface area (Å²) in [6.07, 6.45) is 0. The highest BCUT2D eigenvalue weighted by molar-refractivity contribution is 7.93. The lowest BCUT2D eigenvalue weighted by Crippen LogP contribution is -2.30. The maximum atomic E-state index is 13.1. The lowest BCUT2D eigenvalue weighted by atomic mass is 10.2. The first-order valence-electron chi connectivity index (χ1n) is 4.27. The number of sulfonamides is 1. The first-order valence-corrected chi connectivity index (χ1v) is 5.75. The van der Waals surface area contributed by atoms with Gasteiger partial charge >= 0.3 is 21.5 Å². The van der Waals surface area contributed by atoms with Crippen LogP contribution >= 0.6 is 0 Å². The fraction of sp³-hybridized carbons (Fsp3) is 0.125. The average Bonchev–Trinajstić information content (AvgIpc) is 2.19. The Kier molecular flexibility index (Phi) is 3.70. The minimum absolute atomic E-state index is 0.0440. The Labute approximate surface area is 102 Å². The van der Waals surface area contributed by atoms with Gasteiger partial charge in [0.25, 0.3) is 0 Å². The molecule has 0 saturated heterocycles. The second kappa shape index (κ2) is 4.64. The molecule has 0 aromatic heterocycles. The summed E-state index contributed by atoms with van der Waals surface area (Å²) in [5, 5.41) is 8.48. The first kappa shape index (κ1) is 15.1. The smallest absolute Gasteiger partial charge is 0.478 e. The lowest BCUT2D eigenvalue weighted by molar-refractivity contribution is -0.0429. The van der Waals surface area contributed by atoms with Gasteiger partial charge in [-0.2, -0.15) is 21.6 Å². The van der Waals surface area contributed by atoms with Crippen molar-refractivity contribution in [2.75, 3.05) is 4.72 Å². The molecule has 5 nitrogen and oxygen atoms in total. The van der Waals surface area contributed by atoms with Crippen molar-refractivity contribution in [3.63, 3.8) is 0 Å². The summed E-state index contributed by atoms with van der Waals surface area (Å²) >= 11 is 0. The van der Waals surface area contributed by atoms with Crippen LogP contribution in [0, 0.1) is 11.6 Å². The van der Waals surface area contributed by atoms with Crippen LogP contribution in [0.25, 0.3) is 0 Å². The number of nitrogens with one attached hydrogen (secondary N) is 1. The van der Waals surface area contributed by atoms with Crippen molar-refractivity contribution >= 4 is 21.7 Å². The van der Waals surface area contributed by atoms with Gasteiger partial charge in [0.15, 0.2) is 0 Å². The molecule has 11 heteroatoms. The minimum Gasteiger partial charge on any atom is -0.478 e. The van der Waals surface area contributed by atoms with E-state index in [0.29, 0.717) is 0 Å². The Morgan fingerprint density at radius 1 is 1.16 bits per heavy atom. The highest BCUT2D eigenvalue weighted by atomic mass is 32.2. The Balaban J connectivity index is 3.31. The van der Waals surface area contributed by atoms with E-state index in [1.807, 2.05) is 0 Å². The zero-order valence-electron chi connectivity index (χ0n) is 8.62. The fourth-order valence-corrected chi connectivity index (χ4v) is 1.56. The second-order valence-corrected chi connectivity index (χ2v) is 4.84. The summed E-state index contributed by atoms with van der Waals surface area (Å²) in [6, 6.07) is 0.0635. The van der Waals surface area contributed by atoms with E-state index in [0.717, 1.165) is 4.72 Å². The normalized spacial score (nSPS) is 12.3. The molecular formula is C8H4F5NO4S. The van der Waals surface area contributed by atoms with Gasteiger partial charge in [0, 0.05) is 6.07 Å². The number of carboxylic acids is 1. The van der Waals surface area contributed by atoms with E-state index in [9.17, 15) is 35.2 Å². The average molecular weight is 305 g/mol. The topological polar surface area (TPSA) is 83.5 Å². The molecule has 0 aliphatic carbocycles. The molecule has 1 aromatic carbocycles. The standard InChI is InChI=1S/C8H4F5NO4S/c9-4-2-5(10)6(1-3(4)7(15)16)14-19(17,18)8(11,12)13/h1-2,14H,(H,15,16).